The maximum absolute atomic E-state index is 12.8. The third kappa shape index (κ3) is 2.11. The summed E-state index contributed by atoms with van der Waals surface area (Å²) < 4.78 is 17.8. The Bertz CT molecular complexity index is 506. The van der Waals surface area contributed by atoms with Crippen LogP contribution in [0.4, 0.5) is 10.1 Å². The van der Waals surface area contributed by atoms with Gasteiger partial charge in [-0.05, 0) is 42.8 Å². The molecule has 0 fully saturated rings. The first-order chi connectivity index (χ1) is 7.66. The number of rotatable bonds is 2. The molecule has 0 aliphatic carbocycles. The summed E-state index contributed by atoms with van der Waals surface area (Å²) >= 11 is 0. The van der Waals surface area contributed by atoms with Crippen LogP contribution in [-0.2, 0) is 0 Å². The zero-order chi connectivity index (χ0) is 11.5. The molecule has 1 amide bonds. The normalized spacial score (nSPS) is 10.1. The van der Waals surface area contributed by atoms with Gasteiger partial charge in [-0.25, -0.2) is 4.39 Å². The largest absolute Gasteiger partial charge is 0.459 e. The molecule has 0 spiro atoms. The number of hydrogen-bond acceptors (Lipinski definition) is 2. The fourth-order valence-electron chi connectivity index (χ4n) is 1.36. The molecule has 4 heteroatoms. The second-order valence-electron chi connectivity index (χ2n) is 3.39. The lowest BCUT2D eigenvalue weighted by atomic mass is 10.2. The van der Waals surface area contributed by atoms with Crippen LogP contribution in [0, 0.1) is 12.7 Å². The van der Waals surface area contributed by atoms with Crippen molar-refractivity contribution in [2.24, 2.45) is 0 Å². The van der Waals surface area contributed by atoms with Crippen molar-refractivity contribution in [2.45, 2.75) is 6.92 Å². The maximum atomic E-state index is 12.8. The van der Waals surface area contributed by atoms with Gasteiger partial charge in [-0.3, -0.25) is 4.79 Å². The Morgan fingerprint density at radius 3 is 2.81 bits per heavy atom. The van der Waals surface area contributed by atoms with E-state index in [1.54, 1.807) is 19.1 Å². The van der Waals surface area contributed by atoms with Crippen LogP contribution < -0.4 is 5.32 Å². The van der Waals surface area contributed by atoms with Crippen molar-refractivity contribution in [1.82, 2.24) is 0 Å². The Morgan fingerprint density at radius 1 is 1.38 bits per heavy atom. The average Bonchev–Trinajstić information content (AvgIpc) is 2.75. The number of nitrogens with one attached hydrogen (secondary N) is 1. The van der Waals surface area contributed by atoms with Gasteiger partial charge in [-0.2, -0.15) is 0 Å². The summed E-state index contributed by atoms with van der Waals surface area (Å²) in [5.41, 5.74) is 1.24. The SMILES string of the molecule is Cc1cc(F)ccc1NC(=O)c1ccco1. The van der Waals surface area contributed by atoms with E-state index >= 15 is 0 Å². The summed E-state index contributed by atoms with van der Waals surface area (Å²) in [5, 5.41) is 2.64. The average molecular weight is 219 g/mol. The molecule has 0 atom stereocenters. The Labute approximate surface area is 91.9 Å². The van der Waals surface area contributed by atoms with Gasteiger partial charge in [0.05, 0.1) is 6.26 Å². The van der Waals surface area contributed by atoms with Gasteiger partial charge >= 0.3 is 0 Å². The predicted octanol–water partition coefficient (Wildman–Crippen LogP) is 2.98. The first-order valence-corrected chi connectivity index (χ1v) is 4.78. The van der Waals surface area contributed by atoms with Crippen molar-refractivity contribution >= 4 is 11.6 Å². The standard InChI is InChI=1S/C12H10FNO2/c1-8-7-9(13)4-5-10(8)14-12(15)11-3-2-6-16-11/h2-7H,1H3,(H,14,15). The van der Waals surface area contributed by atoms with Crippen LogP contribution in [0.25, 0.3) is 0 Å². The van der Waals surface area contributed by atoms with Crippen molar-refractivity contribution in [3.05, 3.63) is 53.7 Å². The van der Waals surface area contributed by atoms with Crippen LogP contribution in [-0.4, -0.2) is 5.91 Å². The van der Waals surface area contributed by atoms with E-state index in [4.69, 9.17) is 4.42 Å². The molecule has 1 aromatic carbocycles. The van der Waals surface area contributed by atoms with Crippen molar-refractivity contribution in [1.29, 1.82) is 0 Å². The molecule has 82 valence electrons. The highest BCUT2D eigenvalue weighted by atomic mass is 19.1. The Hall–Kier alpha value is -2.10. The van der Waals surface area contributed by atoms with Gasteiger partial charge in [0.2, 0.25) is 0 Å². The molecule has 1 heterocycles. The molecule has 0 unspecified atom stereocenters. The summed E-state index contributed by atoms with van der Waals surface area (Å²) in [6.07, 6.45) is 1.42. The number of aryl methyl sites for hydroxylation is 1. The molecule has 2 aromatic rings. The monoisotopic (exact) mass is 219 g/mol. The van der Waals surface area contributed by atoms with Crippen LogP contribution in [0.15, 0.2) is 41.0 Å². The highest BCUT2D eigenvalue weighted by molar-refractivity contribution is 6.02. The van der Waals surface area contributed by atoms with E-state index in [1.807, 2.05) is 0 Å². The molecule has 2 rings (SSSR count). The number of furan rings is 1. The maximum Gasteiger partial charge on any atom is 0.291 e. The van der Waals surface area contributed by atoms with E-state index < -0.39 is 0 Å². The molecule has 3 nitrogen and oxygen atoms in total. The van der Waals surface area contributed by atoms with Crippen molar-refractivity contribution in [3.63, 3.8) is 0 Å². The van der Waals surface area contributed by atoms with Crippen LogP contribution in [0.5, 0.6) is 0 Å². The molecule has 0 aliphatic heterocycles. The van der Waals surface area contributed by atoms with Crippen molar-refractivity contribution in [3.8, 4) is 0 Å². The minimum atomic E-state index is -0.347. The Balaban J connectivity index is 2.18. The second kappa shape index (κ2) is 4.18. The molecule has 0 bridgehead atoms. The van der Waals surface area contributed by atoms with E-state index in [-0.39, 0.29) is 17.5 Å². The summed E-state index contributed by atoms with van der Waals surface area (Å²) in [4.78, 5) is 11.6. The van der Waals surface area contributed by atoms with Gasteiger partial charge in [-0.1, -0.05) is 0 Å². The van der Waals surface area contributed by atoms with Gasteiger partial charge < -0.3 is 9.73 Å². The minimum Gasteiger partial charge on any atom is -0.459 e. The highest BCUT2D eigenvalue weighted by Gasteiger charge is 2.09. The number of carbonyl (C=O) groups is 1. The van der Waals surface area contributed by atoms with Crippen LogP contribution in [0.1, 0.15) is 16.1 Å². The lowest BCUT2D eigenvalue weighted by Crippen LogP contribution is -2.11. The van der Waals surface area contributed by atoms with Gasteiger partial charge in [0.25, 0.3) is 5.91 Å². The quantitative estimate of drug-likeness (QED) is 0.843. The molecular formula is C12H10FNO2. The molecular weight excluding hydrogens is 209 g/mol. The van der Waals surface area contributed by atoms with Gasteiger partial charge in [0.1, 0.15) is 5.82 Å². The zero-order valence-electron chi connectivity index (χ0n) is 8.66. The highest BCUT2D eigenvalue weighted by Crippen LogP contribution is 2.16. The van der Waals surface area contributed by atoms with Crippen LogP contribution >= 0.6 is 0 Å². The molecule has 16 heavy (non-hydrogen) atoms. The number of carbonyl (C=O) groups excluding carboxylic acids is 1. The van der Waals surface area contributed by atoms with E-state index in [2.05, 4.69) is 5.32 Å². The van der Waals surface area contributed by atoms with E-state index in [0.29, 0.717) is 11.3 Å². The van der Waals surface area contributed by atoms with Crippen molar-refractivity contribution < 1.29 is 13.6 Å². The molecule has 1 aromatic heterocycles. The molecule has 1 N–H and O–H groups in total. The van der Waals surface area contributed by atoms with Crippen LogP contribution in [0.2, 0.25) is 0 Å². The number of amides is 1. The predicted molar refractivity (Wildman–Crippen MR) is 57.8 cm³/mol. The smallest absolute Gasteiger partial charge is 0.291 e. The van der Waals surface area contributed by atoms with Gasteiger partial charge in [0.15, 0.2) is 5.76 Å². The van der Waals surface area contributed by atoms with E-state index in [9.17, 15) is 9.18 Å². The summed E-state index contributed by atoms with van der Waals surface area (Å²) in [7, 11) is 0. The fraction of sp³-hybridized carbons (Fsp3) is 0.0833. The van der Waals surface area contributed by atoms with Crippen LogP contribution in [0.3, 0.4) is 0 Å². The second-order valence-corrected chi connectivity index (χ2v) is 3.39. The lowest BCUT2D eigenvalue weighted by molar-refractivity contribution is 0.0996. The minimum absolute atomic E-state index is 0.226. The van der Waals surface area contributed by atoms with Crippen molar-refractivity contribution in [2.75, 3.05) is 5.32 Å². The number of benzene rings is 1. The first kappa shape index (κ1) is 10.4. The Kier molecular flexibility index (Phi) is 2.72. The zero-order valence-corrected chi connectivity index (χ0v) is 8.66. The summed E-state index contributed by atoms with van der Waals surface area (Å²) in [6.45, 7) is 1.72. The first-order valence-electron chi connectivity index (χ1n) is 4.78. The third-order valence-electron chi connectivity index (χ3n) is 2.18. The number of halogens is 1. The third-order valence-corrected chi connectivity index (χ3v) is 2.18. The summed E-state index contributed by atoms with van der Waals surface area (Å²) in [6, 6.07) is 7.37. The van der Waals surface area contributed by atoms with E-state index in [1.165, 1.54) is 24.5 Å². The molecule has 0 radical (unpaired) electrons. The number of anilines is 1. The topological polar surface area (TPSA) is 42.2 Å². The summed E-state index contributed by atoms with van der Waals surface area (Å²) in [5.74, 6) is -0.447. The van der Waals surface area contributed by atoms with Gasteiger partial charge in [0, 0.05) is 5.69 Å². The Morgan fingerprint density at radius 2 is 2.19 bits per heavy atom. The number of hydrogen-bond donors (Lipinski definition) is 1. The molecule has 0 saturated carbocycles. The van der Waals surface area contributed by atoms with E-state index in [0.717, 1.165) is 0 Å². The fourth-order valence-corrected chi connectivity index (χ4v) is 1.36. The lowest BCUT2D eigenvalue weighted by Gasteiger charge is -2.06. The molecule has 0 aliphatic rings. The van der Waals surface area contributed by atoms with Gasteiger partial charge in [-0.15, -0.1) is 0 Å². The molecule has 0 saturated heterocycles.